The van der Waals surface area contributed by atoms with E-state index in [1.165, 1.54) is 31.3 Å². The zero-order chi connectivity index (χ0) is 11.1. The van der Waals surface area contributed by atoms with Gasteiger partial charge in [-0.2, -0.15) is 0 Å². The van der Waals surface area contributed by atoms with Crippen molar-refractivity contribution in [3.63, 3.8) is 0 Å². The molecule has 0 aromatic carbocycles. The zero-order valence-electron chi connectivity index (χ0n) is 10.6. The minimum Gasteiger partial charge on any atom is -0.0859 e. The first-order valence-corrected chi connectivity index (χ1v) is 6.34. The van der Waals surface area contributed by atoms with Gasteiger partial charge in [-0.25, -0.2) is 0 Å². The summed E-state index contributed by atoms with van der Waals surface area (Å²) >= 11 is 0. The maximum atomic E-state index is 2.55. The topological polar surface area (TPSA) is 0 Å². The van der Waals surface area contributed by atoms with Crippen molar-refractivity contribution >= 4 is 0 Å². The van der Waals surface area contributed by atoms with E-state index in [1.807, 2.05) is 0 Å². The monoisotopic (exact) mass is 204 g/mol. The van der Waals surface area contributed by atoms with Crippen LogP contribution in [0, 0.1) is 17.3 Å². The Balaban J connectivity index is 1.92. The van der Waals surface area contributed by atoms with E-state index in [-0.39, 0.29) is 0 Å². The molecule has 3 atom stereocenters. The van der Waals surface area contributed by atoms with Gasteiger partial charge < -0.3 is 0 Å². The van der Waals surface area contributed by atoms with Gasteiger partial charge in [-0.3, -0.25) is 0 Å². The lowest BCUT2D eigenvalue weighted by atomic mass is 9.96. The molecule has 0 aromatic heterocycles. The average Bonchev–Trinajstić information content (AvgIpc) is 2.71. The molecule has 0 nitrogen and oxygen atoms in total. The van der Waals surface area contributed by atoms with E-state index >= 15 is 0 Å². The minimum atomic E-state index is 0.643. The van der Waals surface area contributed by atoms with Gasteiger partial charge in [0, 0.05) is 0 Å². The van der Waals surface area contributed by atoms with Crippen LogP contribution in [0.25, 0.3) is 0 Å². The lowest BCUT2D eigenvalue weighted by molar-refractivity contribution is 0.447. The normalized spacial score (nSPS) is 38.0. The highest BCUT2D eigenvalue weighted by Gasteiger charge is 2.59. The van der Waals surface area contributed by atoms with Gasteiger partial charge in [-0.1, -0.05) is 30.2 Å². The highest BCUT2D eigenvalue weighted by molar-refractivity contribution is 5.23. The number of hydrogen-bond donors (Lipinski definition) is 0. The first kappa shape index (κ1) is 11.0. The van der Waals surface area contributed by atoms with Crippen molar-refractivity contribution < 1.29 is 0 Å². The zero-order valence-corrected chi connectivity index (χ0v) is 10.6. The summed E-state index contributed by atoms with van der Waals surface area (Å²) in [6.07, 6.45) is 10.4. The van der Waals surface area contributed by atoms with Crippen molar-refractivity contribution in [2.75, 3.05) is 0 Å². The summed E-state index contributed by atoms with van der Waals surface area (Å²) in [6, 6.07) is 0. The van der Waals surface area contributed by atoms with Crippen LogP contribution in [0.3, 0.4) is 0 Å². The molecule has 2 aliphatic rings. The molecule has 0 heteroatoms. The second-order valence-electron chi connectivity index (χ2n) is 6.01. The minimum absolute atomic E-state index is 0.643. The Morgan fingerprint density at radius 2 is 2.27 bits per heavy atom. The van der Waals surface area contributed by atoms with Crippen LogP contribution in [0.15, 0.2) is 23.3 Å². The number of allylic oxidation sites excluding steroid dienone is 4. The summed E-state index contributed by atoms with van der Waals surface area (Å²) in [6.45, 7) is 9.19. The fraction of sp³-hybridized carbons (Fsp3) is 0.733. The van der Waals surface area contributed by atoms with Crippen LogP contribution in [0.1, 0.15) is 53.4 Å². The van der Waals surface area contributed by atoms with Crippen LogP contribution < -0.4 is 0 Å². The number of fused-ring (bicyclic) bond motifs is 1. The molecule has 0 aliphatic heterocycles. The van der Waals surface area contributed by atoms with Crippen LogP contribution in [0.4, 0.5) is 0 Å². The van der Waals surface area contributed by atoms with Crippen molar-refractivity contribution in [1.29, 1.82) is 0 Å². The van der Waals surface area contributed by atoms with E-state index in [0.717, 1.165) is 11.8 Å². The summed E-state index contributed by atoms with van der Waals surface area (Å²) in [7, 11) is 0. The molecular weight excluding hydrogens is 180 g/mol. The molecule has 0 bridgehead atoms. The second kappa shape index (κ2) is 3.81. The molecule has 0 saturated heterocycles. The Bertz CT molecular complexity index is 304. The molecule has 3 unspecified atom stereocenters. The van der Waals surface area contributed by atoms with Gasteiger partial charge in [0.2, 0.25) is 0 Å². The summed E-state index contributed by atoms with van der Waals surface area (Å²) in [4.78, 5) is 0. The number of hydrogen-bond acceptors (Lipinski definition) is 0. The van der Waals surface area contributed by atoms with Crippen molar-refractivity contribution in [1.82, 2.24) is 0 Å². The third-order valence-electron chi connectivity index (χ3n) is 4.48. The van der Waals surface area contributed by atoms with Crippen molar-refractivity contribution in [3.8, 4) is 0 Å². The van der Waals surface area contributed by atoms with Gasteiger partial charge in [-0.15, -0.1) is 0 Å². The Labute approximate surface area is 94.5 Å². The van der Waals surface area contributed by atoms with E-state index in [0.29, 0.717) is 5.41 Å². The Hall–Kier alpha value is -0.520. The molecule has 2 rings (SSSR count). The Morgan fingerprint density at radius 3 is 2.87 bits per heavy atom. The fourth-order valence-electron chi connectivity index (χ4n) is 3.31. The first-order valence-electron chi connectivity index (χ1n) is 6.34. The van der Waals surface area contributed by atoms with Crippen molar-refractivity contribution in [2.24, 2.45) is 17.3 Å². The highest BCUT2D eigenvalue weighted by atomic mass is 14.6. The molecule has 15 heavy (non-hydrogen) atoms. The molecule has 0 aromatic rings. The number of rotatable bonds is 3. The smallest absolute Gasteiger partial charge is 0.0140 e. The third kappa shape index (κ3) is 2.04. The summed E-state index contributed by atoms with van der Waals surface area (Å²) in [5.41, 5.74) is 3.74. The summed E-state index contributed by atoms with van der Waals surface area (Å²) < 4.78 is 0. The molecule has 0 amide bonds. The summed E-state index contributed by atoms with van der Waals surface area (Å²) in [5.74, 6) is 1.92. The van der Waals surface area contributed by atoms with Gasteiger partial charge in [0.15, 0.2) is 0 Å². The average molecular weight is 204 g/mol. The molecule has 0 radical (unpaired) electrons. The third-order valence-corrected chi connectivity index (χ3v) is 4.48. The van der Waals surface area contributed by atoms with Crippen molar-refractivity contribution in [2.45, 2.75) is 53.4 Å². The van der Waals surface area contributed by atoms with Crippen molar-refractivity contribution in [3.05, 3.63) is 23.3 Å². The van der Waals surface area contributed by atoms with E-state index in [1.54, 1.807) is 5.57 Å². The van der Waals surface area contributed by atoms with Crippen LogP contribution in [-0.4, -0.2) is 0 Å². The lowest BCUT2D eigenvalue weighted by Crippen LogP contribution is -1.98. The van der Waals surface area contributed by atoms with Gasteiger partial charge in [0.25, 0.3) is 0 Å². The summed E-state index contributed by atoms with van der Waals surface area (Å²) in [5, 5.41) is 0. The molecule has 0 N–H and O–H groups in total. The van der Waals surface area contributed by atoms with Crippen LogP contribution >= 0.6 is 0 Å². The lowest BCUT2D eigenvalue weighted by Gasteiger charge is -2.08. The van der Waals surface area contributed by atoms with E-state index < -0.39 is 0 Å². The maximum Gasteiger partial charge on any atom is -0.0140 e. The van der Waals surface area contributed by atoms with Gasteiger partial charge in [0.1, 0.15) is 0 Å². The Kier molecular flexibility index (Phi) is 2.79. The van der Waals surface area contributed by atoms with Gasteiger partial charge in [0.05, 0.1) is 0 Å². The molecule has 0 spiro atoms. The standard InChI is InChI=1S/C15H24/c1-11(2)6-5-9-15(4)13-8-7-12(3)10-14(13)15/h6,10,13-14H,5,7-9H2,1-4H3. The quantitative estimate of drug-likeness (QED) is 0.583. The molecule has 84 valence electrons. The largest absolute Gasteiger partial charge is 0.0859 e. The molecule has 1 saturated carbocycles. The SMILES string of the molecule is CC(C)=CCCC1(C)C2C=C(C)CCC21. The van der Waals surface area contributed by atoms with Crippen LogP contribution in [0.2, 0.25) is 0 Å². The first-order chi connectivity index (χ1) is 7.04. The fourth-order valence-corrected chi connectivity index (χ4v) is 3.31. The molecular formula is C15H24. The molecule has 0 heterocycles. The highest BCUT2D eigenvalue weighted by Crippen LogP contribution is 2.66. The predicted molar refractivity (Wildman–Crippen MR) is 66.7 cm³/mol. The maximum absolute atomic E-state index is 2.55. The van der Waals surface area contributed by atoms with Crippen LogP contribution in [0.5, 0.6) is 0 Å². The van der Waals surface area contributed by atoms with Gasteiger partial charge >= 0.3 is 0 Å². The predicted octanol–water partition coefficient (Wildman–Crippen LogP) is 4.73. The second-order valence-corrected chi connectivity index (χ2v) is 6.01. The molecule has 1 fully saturated rings. The molecule has 2 aliphatic carbocycles. The van der Waals surface area contributed by atoms with Gasteiger partial charge in [-0.05, 0) is 63.7 Å². The van der Waals surface area contributed by atoms with E-state index in [9.17, 15) is 0 Å². The van der Waals surface area contributed by atoms with E-state index in [2.05, 4.69) is 39.8 Å². The van der Waals surface area contributed by atoms with E-state index in [4.69, 9.17) is 0 Å². The van der Waals surface area contributed by atoms with Crippen LogP contribution in [-0.2, 0) is 0 Å². The Morgan fingerprint density at radius 1 is 1.53 bits per heavy atom.